The SMILES string of the molecule is CCC(C(N)=S)S(=O)(=O)NC(C)C(=O)N(C)C. The van der Waals surface area contributed by atoms with Crippen LogP contribution in [0.15, 0.2) is 0 Å². The Balaban J connectivity index is 4.88. The molecule has 0 rings (SSSR count). The lowest BCUT2D eigenvalue weighted by atomic mass is 10.3. The number of thiocarbonyl (C=S) groups is 1. The summed E-state index contributed by atoms with van der Waals surface area (Å²) in [6.45, 7) is 3.15. The molecule has 0 radical (unpaired) electrons. The highest BCUT2D eigenvalue weighted by molar-refractivity contribution is 7.93. The number of hydrogen-bond donors (Lipinski definition) is 2. The highest BCUT2D eigenvalue weighted by Crippen LogP contribution is 2.06. The van der Waals surface area contributed by atoms with Crippen LogP contribution in [0.1, 0.15) is 20.3 Å². The van der Waals surface area contributed by atoms with Crippen LogP contribution in [0.3, 0.4) is 0 Å². The molecule has 0 aromatic carbocycles. The standard InChI is InChI=1S/C9H19N3O3S2/c1-5-7(8(10)16)17(14,15)11-6(2)9(13)12(3)4/h6-7,11H,5H2,1-4H3,(H2,10,16). The van der Waals surface area contributed by atoms with Crippen LogP contribution in [0.2, 0.25) is 0 Å². The van der Waals surface area contributed by atoms with Crippen LogP contribution in [-0.2, 0) is 14.8 Å². The second-order valence-corrected chi connectivity index (χ2v) is 6.28. The molecule has 0 aromatic rings. The molecule has 0 aliphatic carbocycles. The third-order valence-electron chi connectivity index (χ3n) is 2.21. The van der Waals surface area contributed by atoms with Gasteiger partial charge in [0.1, 0.15) is 5.25 Å². The molecule has 3 N–H and O–H groups in total. The molecule has 2 atom stereocenters. The Kier molecular flexibility index (Phi) is 6.00. The van der Waals surface area contributed by atoms with E-state index in [2.05, 4.69) is 4.72 Å². The average molecular weight is 281 g/mol. The number of nitrogens with one attached hydrogen (secondary N) is 1. The molecule has 0 bridgehead atoms. The Morgan fingerprint density at radius 1 is 1.47 bits per heavy atom. The molecule has 0 spiro atoms. The minimum atomic E-state index is -3.71. The van der Waals surface area contributed by atoms with Crippen molar-refractivity contribution < 1.29 is 13.2 Å². The monoisotopic (exact) mass is 281 g/mol. The maximum atomic E-state index is 11.9. The van der Waals surface area contributed by atoms with Crippen LogP contribution in [0.5, 0.6) is 0 Å². The summed E-state index contributed by atoms with van der Waals surface area (Å²) < 4.78 is 26.1. The van der Waals surface area contributed by atoms with E-state index in [0.717, 1.165) is 0 Å². The van der Waals surface area contributed by atoms with Crippen molar-refractivity contribution in [3.8, 4) is 0 Å². The fourth-order valence-corrected chi connectivity index (χ4v) is 3.39. The smallest absolute Gasteiger partial charge is 0.239 e. The molecule has 0 aliphatic rings. The summed E-state index contributed by atoms with van der Waals surface area (Å²) in [6.07, 6.45) is 0.271. The van der Waals surface area contributed by atoms with Gasteiger partial charge in [0.25, 0.3) is 0 Å². The lowest BCUT2D eigenvalue weighted by Crippen LogP contribution is -2.49. The minimum absolute atomic E-state index is 0.0931. The summed E-state index contributed by atoms with van der Waals surface area (Å²) in [5, 5.41) is -0.949. The summed E-state index contributed by atoms with van der Waals surface area (Å²) in [5.41, 5.74) is 5.36. The van der Waals surface area contributed by atoms with Crippen LogP contribution in [0, 0.1) is 0 Å². The van der Waals surface area contributed by atoms with E-state index in [1.807, 2.05) is 0 Å². The van der Waals surface area contributed by atoms with Crippen LogP contribution < -0.4 is 10.5 Å². The summed E-state index contributed by atoms with van der Waals surface area (Å²) in [5.74, 6) is -0.327. The number of sulfonamides is 1. The van der Waals surface area contributed by atoms with E-state index < -0.39 is 21.3 Å². The zero-order chi connectivity index (χ0) is 13.8. The molecule has 1 amide bonds. The third-order valence-corrected chi connectivity index (χ3v) is 4.67. The molecule has 100 valence electrons. The van der Waals surface area contributed by atoms with E-state index >= 15 is 0 Å². The second-order valence-electron chi connectivity index (χ2n) is 3.92. The average Bonchev–Trinajstić information content (AvgIpc) is 2.15. The van der Waals surface area contributed by atoms with Gasteiger partial charge in [0.2, 0.25) is 15.9 Å². The number of amides is 1. The maximum absolute atomic E-state index is 11.9. The first-order valence-electron chi connectivity index (χ1n) is 5.15. The Morgan fingerprint density at radius 3 is 2.24 bits per heavy atom. The number of carbonyl (C=O) groups excluding carboxylic acids is 1. The van der Waals surface area contributed by atoms with Crippen molar-refractivity contribution in [3.63, 3.8) is 0 Å². The van der Waals surface area contributed by atoms with Crippen molar-refractivity contribution >= 4 is 33.1 Å². The van der Waals surface area contributed by atoms with Crippen molar-refractivity contribution in [1.29, 1.82) is 0 Å². The second kappa shape index (κ2) is 6.27. The number of rotatable bonds is 6. The first-order chi connectivity index (χ1) is 7.63. The Bertz CT molecular complexity index is 392. The van der Waals surface area contributed by atoms with E-state index in [0.29, 0.717) is 0 Å². The fourth-order valence-electron chi connectivity index (χ4n) is 1.34. The molecular weight excluding hydrogens is 262 g/mol. The van der Waals surface area contributed by atoms with Gasteiger partial charge < -0.3 is 10.6 Å². The molecule has 0 fully saturated rings. The first kappa shape index (κ1) is 16.3. The van der Waals surface area contributed by atoms with Crippen LogP contribution in [0.4, 0.5) is 0 Å². The largest absolute Gasteiger partial charge is 0.392 e. The summed E-state index contributed by atoms with van der Waals surface area (Å²) >= 11 is 4.70. The fraction of sp³-hybridized carbons (Fsp3) is 0.778. The van der Waals surface area contributed by atoms with E-state index in [-0.39, 0.29) is 17.3 Å². The molecule has 2 unspecified atom stereocenters. The molecule has 17 heavy (non-hydrogen) atoms. The highest BCUT2D eigenvalue weighted by atomic mass is 32.2. The van der Waals surface area contributed by atoms with Gasteiger partial charge in [-0.1, -0.05) is 19.1 Å². The zero-order valence-electron chi connectivity index (χ0n) is 10.4. The Morgan fingerprint density at radius 2 is 1.94 bits per heavy atom. The van der Waals surface area contributed by atoms with E-state index in [1.165, 1.54) is 11.8 Å². The van der Waals surface area contributed by atoms with Gasteiger partial charge in [0.05, 0.1) is 11.0 Å². The molecule has 0 saturated heterocycles. The van der Waals surface area contributed by atoms with Crippen molar-refractivity contribution in [1.82, 2.24) is 9.62 Å². The van der Waals surface area contributed by atoms with Gasteiger partial charge in [0, 0.05) is 14.1 Å². The lowest BCUT2D eigenvalue weighted by Gasteiger charge is -2.21. The molecule has 6 nitrogen and oxygen atoms in total. The maximum Gasteiger partial charge on any atom is 0.239 e. The minimum Gasteiger partial charge on any atom is -0.392 e. The quantitative estimate of drug-likeness (QED) is 0.637. The predicted octanol–water partition coefficient (Wildman–Crippen LogP) is -0.553. The van der Waals surface area contributed by atoms with E-state index in [4.69, 9.17) is 18.0 Å². The Hall–Kier alpha value is -0.730. The number of nitrogens with two attached hydrogens (primary N) is 1. The number of likely N-dealkylation sites (N-methyl/N-ethyl adjacent to an activating group) is 1. The summed E-state index contributed by atoms with van der Waals surface area (Å²) in [4.78, 5) is 12.8. The molecule has 0 heterocycles. The molecule has 0 aliphatic heterocycles. The van der Waals surface area contributed by atoms with E-state index in [9.17, 15) is 13.2 Å². The first-order valence-corrected chi connectivity index (χ1v) is 7.10. The summed E-state index contributed by atoms with van der Waals surface area (Å²) in [6, 6.07) is -0.835. The molecule has 8 heteroatoms. The van der Waals surface area contributed by atoms with Crippen molar-refractivity contribution in [2.45, 2.75) is 31.6 Å². The van der Waals surface area contributed by atoms with E-state index in [1.54, 1.807) is 21.0 Å². The normalized spacial score (nSPS) is 15.1. The summed E-state index contributed by atoms with van der Waals surface area (Å²) in [7, 11) is -0.606. The predicted molar refractivity (Wildman–Crippen MR) is 71.1 cm³/mol. The zero-order valence-corrected chi connectivity index (χ0v) is 12.1. The molecular formula is C9H19N3O3S2. The van der Waals surface area contributed by atoms with Crippen LogP contribution >= 0.6 is 12.2 Å². The van der Waals surface area contributed by atoms with Gasteiger partial charge in [-0.3, -0.25) is 4.79 Å². The number of hydrogen-bond acceptors (Lipinski definition) is 4. The highest BCUT2D eigenvalue weighted by Gasteiger charge is 2.30. The molecule has 0 aromatic heterocycles. The molecule has 0 saturated carbocycles. The van der Waals surface area contributed by atoms with Gasteiger partial charge in [-0.05, 0) is 13.3 Å². The lowest BCUT2D eigenvalue weighted by molar-refractivity contribution is -0.130. The number of carbonyl (C=O) groups is 1. The van der Waals surface area contributed by atoms with Crippen molar-refractivity contribution in [3.05, 3.63) is 0 Å². The van der Waals surface area contributed by atoms with Gasteiger partial charge in [-0.2, -0.15) is 0 Å². The third kappa shape index (κ3) is 4.57. The Labute approximate surface area is 108 Å². The topological polar surface area (TPSA) is 92.5 Å². The van der Waals surface area contributed by atoms with Gasteiger partial charge in [0.15, 0.2) is 0 Å². The van der Waals surface area contributed by atoms with Gasteiger partial charge in [-0.25, -0.2) is 13.1 Å². The van der Waals surface area contributed by atoms with Gasteiger partial charge >= 0.3 is 0 Å². The van der Waals surface area contributed by atoms with Crippen LogP contribution in [-0.4, -0.2) is 49.6 Å². The van der Waals surface area contributed by atoms with Crippen LogP contribution in [0.25, 0.3) is 0 Å². The van der Waals surface area contributed by atoms with Crippen molar-refractivity contribution in [2.75, 3.05) is 14.1 Å². The number of nitrogens with zero attached hydrogens (tertiary/aromatic N) is 1. The van der Waals surface area contributed by atoms with Crippen molar-refractivity contribution in [2.24, 2.45) is 5.73 Å². The van der Waals surface area contributed by atoms with Gasteiger partial charge in [-0.15, -0.1) is 0 Å².